The highest BCUT2D eigenvalue weighted by Gasteiger charge is 2.14. The second-order valence-electron chi connectivity index (χ2n) is 3.10. The molecule has 1 heterocycles. The number of rotatable bonds is 3. The van der Waals surface area contributed by atoms with E-state index in [0.29, 0.717) is 6.17 Å². The van der Waals surface area contributed by atoms with Gasteiger partial charge in [0.25, 0.3) is 0 Å². The van der Waals surface area contributed by atoms with E-state index in [1.165, 1.54) is 12.8 Å². The topological polar surface area (TPSA) is 52.1 Å². The van der Waals surface area contributed by atoms with E-state index in [2.05, 4.69) is 17.6 Å². The monoisotopic (exact) mass is 156 g/mol. The highest BCUT2D eigenvalue weighted by atomic mass is 15.2. The summed E-state index contributed by atoms with van der Waals surface area (Å²) < 4.78 is 0. The quantitative estimate of drug-likeness (QED) is 0.581. The summed E-state index contributed by atoms with van der Waals surface area (Å²) in [5, 5.41) is 7.71. The maximum atomic E-state index is 5.73. The van der Waals surface area contributed by atoms with E-state index in [1.807, 2.05) is 0 Å². The van der Waals surface area contributed by atoms with Gasteiger partial charge in [-0.25, -0.2) is 5.32 Å². The van der Waals surface area contributed by atoms with Gasteiger partial charge in [-0.1, -0.05) is 6.92 Å². The molecule has 0 spiro atoms. The van der Waals surface area contributed by atoms with Gasteiger partial charge in [0.2, 0.25) is 0 Å². The van der Waals surface area contributed by atoms with Crippen LogP contribution >= 0.6 is 0 Å². The van der Waals surface area contributed by atoms with E-state index in [1.54, 1.807) is 0 Å². The lowest BCUT2D eigenvalue weighted by Gasteiger charge is -2.25. The zero-order chi connectivity index (χ0) is 8.10. The van der Waals surface area contributed by atoms with Crippen molar-refractivity contribution in [3.05, 3.63) is 0 Å². The molecule has 0 aromatic rings. The van der Waals surface area contributed by atoms with Crippen LogP contribution in [0.25, 0.3) is 0 Å². The summed E-state index contributed by atoms with van der Waals surface area (Å²) in [6, 6.07) is 0. The molecule has 0 aliphatic carbocycles. The summed E-state index contributed by atoms with van der Waals surface area (Å²) in [6.45, 7) is 3.09. The van der Waals surface area contributed by atoms with E-state index < -0.39 is 0 Å². The first-order valence-electron chi connectivity index (χ1n) is 4.51. The molecule has 65 valence electrons. The van der Waals surface area contributed by atoms with Gasteiger partial charge >= 0.3 is 0 Å². The molecule has 1 aliphatic rings. The van der Waals surface area contributed by atoms with Crippen molar-refractivity contribution in [3.8, 4) is 0 Å². The molecule has 0 bridgehead atoms. The van der Waals surface area contributed by atoms with Crippen molar-refractivity contribution in [2.45, 2.75) is 44.9 Å². The van der Waals surface area contributed by atoms with E-state index >= 15 is 0 Å². The smallest absolute Gasteiger partial charge is 0.0747 e. The van der Waals surface area contributed by atoms with Crippen molar-refractivity contribution in [2.24, 2.45) is 5.73 Å². The zero-order valence-corrected chi connectivity index (χ0v) is 7.21. The highest BCUT2D eigenvalue weighted by molar-refractivity contribution is 4.71. The molecule has 3 N–H and O–H groups in total. The summed E-state index contributed by atoms with van der Waals surface area (Å²) in [4.78, 5) is 0. The van der Waals surface area contributed by atoms with E-state index in [0.717, 1.165) is 19.4 Å². The van der Waals surface area contributed by atoms with Gasteiger partial charge in [-0.2, -0.15) is 0 Å². The predicted molar refractivity (Wildman–Crippen MR) is 46.0 cm³/mol. The number of nitrogens with zero attached hydrogens (tertiary/aromatic N) is 1. The van der Waals surface area contributed by atoms with Gasteiger partial charge in [-0.05, 0) is 25.7 Å². The molecule has 1 radical (unpaired) electrons. The normalized spacial score (nSPS) is 28.4. The van der Waals surface area contributed by atoms with Crippen LogP contribution in [-0.2, 0) is 0 Å². The number of hydrogen-bond donors (Lipinski definition) is 2. The van der Waals surface area contributed by atoms with Crippen LogP contribution < -0.4 is 16.4 Å². The highest BCUT2D eigenvalue weighted by Crippen LogP contribution is 2.06. The maximum absolute atomic E-state index is 5.73. The van der Waals surface area contributed by atoms with Gasteiger partial charge in [0.05, 0.1) is 12.3 Å². The Bertz CT molecular complexity index is 99.5. The molecule has 1 saturated heterocycles. The third kappa shape index (κ3) is 3.18. The lowest BCUT2D eigenvalue weighted by molar-refractivity contribution is 0.303. The summed E-state index contributed by atoms with van der Waals surface area (Å²) in [6.07, 6.45) is 5.14. The Morgan fingerprint density at radius 1 is 1.64 bits per heavy atom. The fourth-order valence-electron chi connectivity index (χ4n) is 1.29. The first-order chi connectivity index (χ1) is 5.33. The average molecular weight is 156 g/mol. The Kier molecular flexibility index (Phi) is 3.83. The van der Waals surface area contributed by atoms with Crippen LogP contribution in [0.2, 0.25) is 0 Å². The SMILES string of the molecule is CCC(N)NC1CCCC[N]1. The minimum absolute atomic E-state index is 0.127. The molecule has 3 nitrogen and oxygen atoms in total. The molecule has 0 amide bonds. The van der Waals surface area contributed by atoms with E-state index in [9.17, 15) is 0 Å². The second-order valence-corrected chi connectivity index (χ2v) is 3.10. The maximum Gasteiger partial charge on any atom is 0.0747 e. The molecule has 0 saturated carbocycles. The first-order valence-corrected chi connectivity index (χ1v) is 4.51. The molecular weight excluding hydrogens is 138 g/mol. The molecule has 11 heavy (non-hydrogen) atoms. The first kappa shape index (κ1) is 8.97. The molecule has 1 fully saturated rings. The third-order valence-electron chi connectivity index (χ3n) is 2.08. The summed E-state index contributed by atoms with van der Waals surface area (Å²) in [5.74, 6) is 0. The minimum atomic E-state index is 0.127. The van der Waals surface area contributed by atoms with Crippen LogP contribution in [0.15, 0.2) is 0 Å². The van der Waals surface area contributed by atoms with Crippen LogP contribution in [0.5, 0.6) is 0 Å². The van der Waals surface area contributed by atoms with Gasteiger partial charge in [0, 0.05) is 6.54 Å². The molecule has 1 rings (SSSR count). The van der Waals surface area contributed by atoms with Gasteiger partial charge in [0.15, 0.2) is 0 Å². The lowest BCUT2D eigenvalue weighted by Crippen LogP contribution is -2.49. The van der Waals surface area contributed by atoms with Gasteiger partial charge < -0.3 is 5.73 Å². The van der Waals surface area contributed by atoms with Crippen LogP contribution in [-0.4, -0.2) is 18.9 Å². The van der Waals surface area contributed by atoms with Gasteiger partial charge in [-0.15, -0.1) is 0 Å². The zero-order valence-electron chi connectivity index (χ0n) is 7.21. The van der Waals surface area contributed by atoms with Crippen LogP contribution in [0.3, 0.4) is 0 Å². The Labute approximate surface area is 68.7 Å². The van der Waals surface area contributed by atoms with Gasteiger partial charge in [-0.3, -0.25) is 5.32 Å². The third-order valence-corrected chi connectivity index (χ3v) is 2.08. The Morgan fingerprint density at radius 3 is 3.00 bits per heavy atom. The number of nitrogens with one attached hydrogen (secondary N) is 1. The Morgan fingerprint density at radius 2 is 2.45 bits per heavy atom. The summed E-state index contributed by atoms with van der Waals surface area (Å²) in [7, 11) is 0. The van der Waals surface area contributed by atoms with Crippen LogP contribution in [0.4, 0.5) is 0 Å². The standard InChI is InChI=1S/C8H18N3/c1-2-7(9)11-8-5-3-4-6-10-8/h7-8,11H,2-6,9H2,1H3. The molecule has 0 aromatic heterocycles. The fourth-order valence-corrected chi connectivity index (χ4v) is 1.29. The van der Waals surface area contributed by atoms with Crippen LogP contribution in [0, 0.1) is 0 Å². The number of nitrogens with two attached hydrogens (primary N) is 1. The van der Waals surface area contributed by atoms with Crippen molar-refractivity contribution in [1.82, 2.24) is 10.6 Å². The molecule has 2 unspecified atom stereocenters. The molecule has 1 aliphatic heterocycles. The lowest BCUT2D eigenvalue weighted by atomic mass is 10.1. The van der Waals surface area contributed by atoms with Crippen molar-refractivity contribution >= 4 is 0 Å². The molecule has 0 aromatic carbocycles. The molecule has 3 heteroatoms. The van der Waals surface area contributed by atoms with Crippen molar-refractivity contribution in [2.75, 3.05) is 6.54 Å². The average Bonchev–Trinajstić information content (AvgIpc) is 2.06. The van der Waals surface area contributed by atoms with Gasteiger partial charge in [0.1, 0.15) is 0 Å². The second kappa shape index (κ2) is 4.70. The number of hydrogen-bond acceptors (Lipinski definition) is 2. The Hall–Kier alpha value is -0.120. The number of piperidine rings is 1. The van der Waals surface area contributed by atoms with Crippen molar-refractivity contribution in [1.29, 1.82) is 0 Å². The van der Waals surface area contributed by atoms with Crippen LogP contribution in [0.1, 0.15) is 32.6 Å². The van der Waals surface area contributed by atoms with Crippen molar-refractivity contribution < 1.29 is 0 Å². The van der Waals surface area contributed by atoms with E-state index in [4.69, 9.17) is 5.73 Å². The minimum Gasteiger partial charge on any atom is -0.316 e. The van der Waals surface area contributed by atoms with E-state index in [-0.39, 0.29) is 6.17 Å². The molecule has 2 atom stereocenters. The Balaban J connectivity index is 2.13. The fraction of sp³-hybridized carbons (Fsp3) is 1.00. The largest absolute Gasteiger partial charge is 0.316 e. The summed E-state index contributed by atoms with van der Waals surface area (Å²) in [5.41, 5.74) is 5.73. The molecular formula is C8H18N3. The summed E-state index contributed by atoms with van der Waals surface area (Å²) >= 11 is 0. The van der Waals surface area contributed by atoms with Crippen molar-refractivity contribution in [3.63, 3.8) is 0 Å². The predicted octanol–water partition coefficient (Wildman–Crippen LogP) is 0.385.